The second-order valence-electron chi connectivity index (χ2n) is 4.41. The van der Waals surface area contributed by atoms with E-state index in [1.165, 1.54) is 7.11 Å². The first kappa shape index (κ1) is 14.5. The molecule has 0 aliphatic carbocycles. The van der Waals surface area contributed by atoms with Crippen molar-refractivity contribution in [3.05, 3.63) is 33.8 Å². The van der Waals surface area contributed by atoms with Crippen molar-refractivity contribution in [1.29, 1.82) is 0 Å². The van der Waals surface area contributed by atoms with Crippen LogP contribution in [0.5, 0.6) is 0 Å². The molecule has 1 aromatic rings. The van der Waals surface area contributed by atoms with E-state index in [2.05, 4.69) is 15.9 Å². The average molecular weight is 329 g/mol. The maximum absolute atomic E-state index is 11.4. The number of hydrogen-bond donors (Lipinski definition) is 0. The number of methoxy groups -OCH3 is 1. The van der Waals surface area contributed by atoms with Gasteiger partial charge in [-0.05, 0) is 52.9 Å². The Morgan fingerprint density at radius 2 is 2.32 bits per heavy atom. The molecule has 0 radical (unpaired) electrons. The molecule has 0 bridgehead atoms. The molecular formula is C14H17BrO4. The summed E-state index contributed by atoms with van der Waals surface area (Å²) in [4.78, 5) is 11.4. The van der Waals surface area contributed by atoms with Crippen LogP contribution < -0.4 is 0 Å². The van der Waals surface area contributed by atoms with Crippen LogP contribution >= 0.6 is 15.9 Å². The first-order chi connectivity index (χ1) is 9.20. The van der Waals surface area contributed by atoms with E-state index in [9.17, 15) is 4.79 Å². The third-order valence-electron chi connectivity index (χ3n) is 3.01. The van der Waals surface area contributed by atoms with Crippen LogP contribution in [0.1, 0.15) is 35.2 Å². The van der Waals surface area contributed by atoms with Crippen molar-refractivity contribution in [2.75, 3.05) is 13.7 Å². The minimum absolute atomic E-state index is 0.104. The van der Waals surface area contributed by atoms with Gasteiger partial charge in [0.05, 0.1) is 19.3 Å². The Kier molecular flexibility index (Phi) is 5.36. The standard InChI is InChI=1S/C14H17BrO4/c1-17-14(16)11-6-5-10(8-12(11)15)9-19-13-4-2-3-7-18-13/h5-6,8,13H,2-4,7,9H2,1H3. The van der Waals surface area contributed by atoms with Crippen LogP contribution in [0.2, 0.25) is 0 Å². The summed E-state index contributed by atoms with van der Waals surface area (Å²) in [6.07, 6.45) is 3.10. The summed E-state index contributed by atoms with van der Waals surface area (Å²) < 4.78 is 16.6. The van der Waals surface area contributed by atoms with Gasteiger partial charge < -0.3 is 14.2 Å². The molecule has 1 aliphatic heterocycles. The van der Waals surface area contributed by atoms with Crippen LogP contribution in [0.25, 0.3) is 0 Å². The highest BCUT2D eigenvalue weighted by Gasteiger charge is 2.15. The van der Waals surface area contributed by atoms with E-state index in [0.29, 0.717) is 16.6 Å². The van der Waals surface area contributed by atoms with Gasteiger partial charge in [-0.25, -0.2) is 4.79 Å². The number of hydrogen-bond acceptors (Lipinski definition) is 4. The third-order valence-corrected chi connectivity index (χ3v) is 3.67. The van der Waals surface area contributed by atoms with Gasteiger partial charge in [-0.1, -0.05) is 6.07 Å². The van der Waals surface area contributed by atoms with Crippen molar-refractivity contribution in [3.63, 3.8) is 0 Å². The van der Waals surface area contributed by atoms with Crippen molar-refractivity contribution < 1.29 is 19.0 Å². The van der Waals surface area contributed by atoms with Crippen LogP contribution in [-0.4, -0.2) is 26.0 Å². The van der Waals surface area contributed by atoms with Crippen LogP contribution in [0.15, 0.2) is 22.7 Å². The van der Waals surface area contributed by atoms with E-state index in [0.717, 1.165) is 31.4 Å². The minimum atomic E-state index is -0.352. The summed E-state index contributed by atoms with van der Waals surface area (Å²) in [5.41, 5.74) is 1.51. The molecule has 1 aromatic carbocycles. The second-order valence-corrected chi connectivity index (χ2v) is 5.27. The molecule has 1 fully saturated rings. The quantitative estimate of drug-likeness (QED) is 0.795. The van der Waals surface area contributed by atoms with Crippen molar-refractivity contribution in [2.24, 2.45) is 0 Å². The second kappa shape index (κ2) is 7.03. The number of benzene rings is 1. The zero-order valence-electron chi connectivity index (χ0n) is 10.9. The highest BCUT2D eigenvalue weighted by molar-refractivity contribution is 9.10. The third kappa shape index (κ3) is 4.03. The van der Waals surface area contributed by atoms with Gasteiger partial charge in [-0.15, -0.1) is 0 Å². The number of ether oxygens (including phenoxy) is 3. The normalized spacial score (nSPS) is 19.2. The van der Waals surface area contributed by atoms with E-state index in [1.54, 1.807) is 6.07 Å². The summed E-state index contributed by atoms with van der Waals surface area (Å²) in [5, 5.41) is 0. The topological polar surface area (TPSA) is 44.8 Å². The smallest absolute Gasteiger partial charge is 0.339 e. The molecule has 19 heavy (non-hydrogen) atoms. The first-order valence-electron chi connectivity index (χ1n) is 6.30. The lowest BCUT2D eigenvalue weighted by Crippen LogP contribution is -2.22. The van der Waals surface area contributed by atoms with E-state index in [-0.39, 0.29) is 12.3 Å². The van der Waals surface area contributed by atoms with Gasteiger partial charge in [0.1, 0.15) is 0 Å². The summed E-state index contributed by atoms with van der Waals surface area (Å²) in [5.74, 6) is -0.352. The Bertz CT molecular complexity index is 441. The number of carbonyl (C=O) groups is 1. The maximum Gasteiger partial charge on any atom is 0.339 e. The summed E-state index contributed by atoms with van der Waals surface area (Å²) in [6.45, 7) is 1.25. The van der Waals surface area contributed by atoms with E-state index in [1.807, 2.05) is 12.1 Å². The highest BCUT2D eigenvalue weighted by atomic mass is 79.9. The van der Waals surface area contributed by atoms with Crippen LogP contribution in [0, 0.1) is 0 Å². The minimum Gasteiger partial charge on any atom is -0.465 e. The van der Waals surface area contributed by atoms with Crippen LogP contribution in [0.4, 0.5) is 0 Å². The maximum atomic E-state index is 11.4. The number of halogens is 1. The van der Waals surface area contributed by atoms with E-state index < -0.39 is 0 Å². The molecule has 0 N–H and O–H groups in total. The molecule has 1 heterocycles. The molecule has 1 aliphatic rings. The van der Waals surface area contributed by atoms with Crippen LogP contribution in [-0.2, 0) is 20.8 Å². The average Bonchev–Trinajstić information content (AvgIpc) is 2.45. The zero-order valence-corrected chi connectivity index (χ0v) is 12.4. The van der Waals surface area contributed by atoms with E-state index >= 15 is 0 Å². The Hall–Kier alpha value is -0.910. The molecular weight excluding hydrogens is 312 g/mol. The van der Waals surface area contributed by atoms with Crippen molar-refractivity contribution >= 4 is 21.9 Å². The first-order valence-corrected chi connectivity index (χ1v) is 7.10. The number of esters is 1. The Morgan fingerprint density at radius 1 is 1.47 bits per heavy atom. The number of carbonyl (C=O) groups excluding carboxylic acids is 1. The summed E-state index contributed by atoms with van der Waals surface area (Å²) in [6, 6.07) is 5.46. The van der Waals surface area contributed by atoms with Gasteiger partial charge >= 0.3 is 5.97 Å². The SMILES string of the molecule is COC(=O)c1ccc(COC2CCCCO2)cc1Br. The Balaban J connectivity index is 1.94. The molecule has 0 aromatic heterocycles. The van der Waals surface area contributed by atoms with Gasteiger partial charge in [0.15, 0.2) is 6.29 Å². The molecule has 2 rings (SSSR count). The van der Waals surface area contributed by atoms with Crippen LogP contribution in [0.3, 0.4) is 0 Å². The fourth-order valence-electron chi connectivity index (χ4n) is 1.96. The summed E-state index contributed by atoms with van der Waals surface area (Å²) >= 11 is 3.37. The van der Waals surface area contributed by atoms with Gasteiger partial charge in [0, 0.05) is 11.1 Å². The lowest BCUT2D eigenvalue weighted by Gasteiger charge is -2.22. The van der Waals surface area contributed by atoms with Gasteiger partial charge in [-0.3, -0.25) is 0 Å². The van der Waals surface area contributed by atoms with Crippen molar-refractivity contribution in [1.82, 2.24) is 0 Å². The fourth-order valence-corrected chi connectivity index (χ4v) is 2.54. The monoisotopic (exact) mass is 328 g/mol. The molecule has 4 nitrogen and oxygen atoms in total. The van der Waals surface area contributed by atoms with Gasteiger partial charge in [0.25, 0.3) is 0 Å². The molecule has 0 amide bonds. The predicted octanol–water partition coefficient (Wildman–Crippen LogP) is 3.28. The molecule has 0 saturated carbocycles. The predicted molar refractivity (Wildman–Crippen MR) is 73.9 cm³/mol. The zero-order chi connectivity index (χ0) is 13.7. The molecule has 1 unspecified atom stereocenters. The number of rotatable bonds is 4. The molecule has 1 saturated heterocycles. The summed E-state index contributed by atoms with van der Waals surface area (Å²) in [7, 11) is 1.37. The molecule has 0 spiro atoms. The van der Waals surface area contributed by atoms with Crippen molar-refractivity contribution in [3.8, 4) is 0 Å². The largest absolute Gasteiger partial charge is 0.465 e. The Labute approximate surface area is 121 Å². The molecule has 5 heteroatoms. The Morgan fingerprint density at radius 3 is 2.95 bits per heavy atom. The van der Waals surface area contributed by atoms with Gasteiger partial charge in [-0.2, -0.15) is 0 Å². The lowest BCUT2D eigenvalue weighted by atomic mass is 10.1. The van der Waals surface area contributed by atoms with Crippen molar-refractivity contribution in [2.45, 2.75) is 32.2 Å². The fraction of sp³-hybridized carbons (Fsp3) is 0.500. The molecule has 104 valence electrons. The highest BCUT2D eigenvalue weighted by Crippen LogP contribution is 2.21. The van der Waals surface area contributed by atoms with Gasteiger partial charge in [0.2, 0.25) is 0 Å². The molecule has 1 atom stereocenters. The van der Waals surface area contributed by atoms with E-state index in [4.69, 9.17) is 14.2 Å². The lowest BCUT2D eigenvalue weighted by molar-refractivity contribution is -0.168.